The fourth-order valence-corrected chi connectivity index (χ4v) is 1.35. The third kappa shape index (κ3) is 2.66. The quantitative estimate of drug-likeness (QED) is 0.771. The second-order valence-corrected chi connectivity index (χ2v) is 3.00. The number of ether oxygens (including phenoxy) is 3. The molecule has 96 valence electrons. The summed E-state index contributed by atoms with van der Waals surface area (Å²) in [7, 11) is 2.35. The topological polar surface area (TPSA) is 68.5 Å². The number of carbonyl (C=O) groups excluding carboxylic acids is 1. The van der Waals surface area contributed by atoms with Crippen LogP contribution in [-0.4, -0.2) is 26.8 Å². The van der Waals surface area contributed by atoms with E-state index in [-0.39, 0.29) is 22.6 Å². The van der Waals surface area contributed by atoms with E-state index in [0.717, 1.165) is 13.2 Å². The van der Waals surface area contributed by atoms with Gasteiger partial charge in [0.15, 0.2) is 5.75 Å². The van der Waals surface area contributed by atoms with E-state index in [0.29, 0.717) is 0 Å². The monoisotopic (exact) mass is 257 g/mol. The molecule has 0 fully saturated rings. The van der Waals surface area contributed by atoms with Gasteiger partial charge in [0.05, 0.1) is 14.2 Å². The molecule has 0 saturated heterocycles. The van der Waals surface area contributed by atoms with Crippen molar-refractivity contribution < 1.29 is 27.8 Å². The highest BCUT2D eigenvalue weighted by atomic mass is 19.3. The van der Waals surface area contributed by atoms with Gasteiger partial charge in [-0.25, -0.2) is 4.79 Å². The summed E-state index contributed by atoms with van der Waals surface area (Å²) in [5.41, 5.74) is -0.334. The van der Waals surface area contributed by atoms with Crippen LogP contribution < -0.4 is 9.47 Å². The standard InChI is InChI=1S/C11H9F2NO4/c1-16-9-6(10(15)17-2)3-4-8(7(9)5-14)18-11(12)13/h3-4,11H,1-2H3. The summed E-state index contributed by atoms with van der Waals surface area (Å²) in [6.45, 7) is -3.08. The number of methoxy groups -OCH3 is 2. The highest BCUT2D eigenvalue weighted by Gasteiger charge is 2.21. The van der Waals surface area contributed by atoms with Crippen LogP contribution >= 0.6 is 0 Å². The van der Waals surface area contributed by atoms with E-state index in [4.69, 9.17) is 10.00 Å². The molecule has 5 nitrogen and oxygen atoms in total. The fourth-order valence-electron chi connectivity index (χ4n) is 1.35. The van der Waals surface area contributed by atoms with Gasteiger partial charge < -0.3 is 14.2 Å². The van der Waals surface area contributed by atoms with Gasteiger partial charge in [0.2, 0.25) is 0 Å². The van der Waals surface area contributed by atoms with Crippen molar-refractivity contribution in [2.45, 2.75) is 6.61 Å². The van der Waals surface area contributed by atoms with Crippen molar-refractivity contribution in [3.8, 4) is 17.6 Å². The molecule has 1 aromatic rings. The zero-order valence-corrected chi connectivity index (χ0v) is 9.57. The molecule has 0 aliphatic carbocycles. The largest absolute Gasteiger partial charge is 0.494 e. The van der Waals surface area contributed by atoms with Crippen LogP contribution in [0.3, 0.4) is 0 Å². The van der Waals surface area contributed by atoms with E-state index < -0.39 is 12.6 Å². The molecule has 0 heterocycles. The normalized spacial score (nSPS) is 9.78. The lowest BCUT2D eigenvalue weighted by Crippen LogP contribution is -2.09. The molecule has 0 N–H and O–H groups in total. The smallest absolute Gasteiger partial charge is 0.387 e. The van der Waals surface area contributed by atoms with Gasteiger partial charge in [-0.2, -0.15) is 14.0 Å². The van der Waals surface area contributed by atoms with Crippen LogP contribution in [0, 0.1) is 11.3 Å². The molecule has 7 heteroatoms. The molecule has 0 unspecified atom stereocenters. The number of hydrogen-bond donors (Lipinski definition) is 0. The van der Waals surface area contributed by atoms with Crippen molar-refractivity contribution in [3.63, 3.8) is 0 Å². The number of alkyl halides is 2. The molecule has 0 spiro atoms. The third-order valence-corrected chi connectivity index (χ3v) is 2.06. The second kappa shape index (κ2) is 5.82. The summed E-state index contributed by atoms with van der Waals surface area (Å²) >= 11 is 0. The predicted octanol–water partition coefficient (Wildman–Crippen LogP) is 1.95. The molecule has 0 aliphatic heterocycles. The number of rotatable bonds is 4. The van der Waals surface area contributed by atoms with Crippen LogP contribution in [0.5, 0.6) is 11.5 Å². The number of benzene rings is 1. The first-order valence-corrected chi connectivity index (χ1v) is 4.69. The van der Waals surface area contributed by atoms with Gasteiger partial charge in [-0.15, -0.1) is 0 Å². The summed E-state index contributed by atoms with van der Waals surface area (Å²) < 4.78 is 37.8. The van der Waals surface area contributed by atoms with Gasteiger partial charge in [0.25, 0.3) is 0 Å². The number of halogens is 2. The molecule has 1 rings (SSSR count). The maximum atomic E-state index is 12.1. The van der Waals surface area contributed by atoms with Crippen LogP contribution in [0.15, 0.2) is 12.1 Å². The van der Waals surface area contributed by atoms with Crippen molar-refractivity contribution in [1.29, 1.82) is 5.26 Å². The molecule has 0 saturated carbocycles. The fraction of sp³-hybridized carbons (Fsp3) is 0.273. The van der Waals surface area contributed by atoms with Crippen molar-refractivity contribution in [2.24, 2.45) is 0 Å². The third-order valence-electron chi connectivity index (χ3n) is 2.06. The van der Waals surface area contributed by atoms with Gasteiger partial charge >= 0.3 is 12.6 Å². The van der Waals surface area contributed by atoms with Crippen molar-refractivity contribution in [2.75, 3.05) is 14.2 Å². The minimum Gasteiger partial charge on any atom is -0.494 e. The van der Waals surface area contributed by atoms with E-state index in [1.54, 1.807) is 6.07 Å². The van der Waals surface area contributed by atoms with E-state index in [1.165, 1.54) is 13.2 Å². The Bertz CT molecular complexity index is 497. The van der Waals surface area contributed by atoms with Crippen LogP contribution in [0.25, 0.3) is 0 Å². The van der Waals surface area contributed by atoms with E-state index in [1.807, 2.05) is 0 Å². The van der Waals surface area contributed by atoms with Crippen LogP contribution in [0.2, 0.25) is 0 Å². The van der Waals surface area contributed by atoms with Gasteiger partial charge in [-0.1, -0.05) is 0 Å². The first-order valence-electron chi connectivity index (χ1n) is 4.69. The second-order valence-electron chi connectivity index (χ2n) is 3.00. The molecular formula is C11H9F2NO4. The predicted molar refractivity (Wildman–Crippen MR) is 55.7 cm³/mol. The summed E-state index contributed by atoms with van der Waals surface area (Å²) in [6.07, 6.45) is 0. The first-order chi connectivity index (χ1) is 8.54. The highest BCUT2D eigenvalue weighted by molar-refractivity contribution is 5.94. The summed E-state index contributed by atoms with van der Waals surface area (Å²) in [5.74, 6) is -1.27. The lowest BCUT2D eigenvalue weighted by molar-refractivity contribution is -0.0501. The van der Waals surface area contributed by atoms with Gasteiger partial charge in [-0.05, 0) is 12.1 Å². The Morgan fingerprint density at radius 1 is 1.39 bits per heavy atom. The molecule has 1 aromatic carbocycles. The average molecular weight is 257 g/mol. The minimum atomic E-state index is -3.08. The lowest BCUT2D eigenvalue weighted by atomic mass is 10.1. The molecule has 18 heavy (non-hydrogen) atoms. The maximum Gasteiger partial charge on any atom is 0.387 e. The number of hydrogen-bond acceptors (Lipinski definition) is 5. The Kier molecular flexibility index (Phi) is 4.43. The molecule has 0 radical (unpaired) electrons. The van der Waals surface area contributed by atoms with Gasteiger partial charge in [0.1, 0.15) is 22.9 Å². The lowest BCUT2D eigenvalue weighted by Gasteiger charge is -2.12. The Hall–Kier alpha value is -2.36. The SMILES string of the molecule is COC(=O)c1ccc(OC(F)F)c(C#N)c1OC. The highest BCUT2D eigenvalue weighted by Crippen LogP contribution is 2.32. The van der Waals surface area contributed by atoms with Crippen molar-refractivity contribution in [1.82, 2.24) is 0 Å². The number of nitrogens with zero attached hydrogens (tertiary/aromatic N) is 1. The van der Waals surface area contributed by atoms with Gasteiger partial charge in [0, 0.05) is 0 Å². The Morgan fingerprint density at radius 3 is 2.50 bits per heavy atom. The zero-order chi connectivity index (χ0) is 13.7. The molecule has 0 aliphatic rings. The zero-order valence-electron chi connectivity index (χ0n) is 9.57. The van der Waals surface area contributed by atoms with Gasteiger partial charge in [-0.3, -0.25) is 0 Å². The average Bonchev–Trinajstić information content (AvgIpc) is 2.36. The molecule has 0 atom stereocenters. The number of carbonyl (C=O) groups is 1. The van der Waals surface area contributed by atoms with E-state index in [9.17, 15) is 13.6 Å². The number of esters is 1. The van der Waals surface area contributed by atoms with E-state index in [2.05, 4.69) is 9.47 Å². The molecular weight excluding hydrogens is 248 g/mol. The van der Waals surface area contributed by atoms with Crippen molar-refractivity contribution in [3.05, 3.63) is 23.3 Å². The Morgan fingerprint density at radius 2 is 2.06 bits per heavy atom. The Balaban J connectivity index is 3.37. The van der Waals surface area contributed by atoms with Crippen LogP contribution in [0.1, 0.15) is 15.9 Å². The summed E-state index contributed by atoms with van der Waals surface area (Å²) in [6, 6.07) is 3.92. The van der Waals surface area contributed by atoms with Crippen molar-refractivity contribution >= 4 is 5.97 Å². The molecule has 0 aromatic heterocycles. The Labute approximate surface area is 101 Å². The minimum absolute atomic E-state index is 0.0434. The molecule has 0 amide bonds. The summed E-state index contributed by atoms with van der Waals surface area (Å²) in [5, 5.41) is 8.92. The maximum absolute atomic E-state index is 12.1. The first kappa shape index (κ1) is 13.7. The van der Waals surface area contributed by atoms with Crippen LogP contribution in [0.4, 0.5) is 8.78 Å². The van der Waals surface area contributed by atoms with E-state index >= 15 is 0 Å². The van der Waals surface area contributed by atoms with Crippen LogP contribution in [-0.2, 0) is 4.74 Å². The molecule has 0 bridgehead atoms. The summed E-state index contributed by atoms with van der Waals surface area (Å²) in [4.78, 5) is 11.4. The number of nitriles is 1.